The van der Waals surface area contributed by atoms with Gasteiger partial charge in [-0.3, -0.25) is 0 Å². The van der Waals surface area contributed by atoms with Crippen LogP contribution in [0.1, 0.15) is 31.9 Å². The van der Waals surface area contributed by atoms with Gasteiger partial charge >= 0.3 is 0 Å². The van der Waals surface area contributed by atoms with Gasteiger partial charge in [0.2, 0.25) is 0 Å². The zero-order chi connectivity index (χ0) is 11.9. The van der Waals surface area contributed by atoms with Crippen LogP contribution in [0.5, 0.6) is 0 Å². The first-order valence-corrected chi connectivity index (χ1v) is 7.87. The molecule has 1 aromatic rings. The minimum Gasteiger partial charge on any atom is -0.469 e. The van der Waals surface area contributed by atoms with E-state index in [0.717, 1.165) is 24.6 Å². The number of thioether (sulfide) groups is 1. The molecule has 1 atom stereocenters. The number of nitrogens with one attached hydrogen (secondary N) is 1. The van der Waals surface area contributed by atoms with E-state index in [9.17, 15) is 0 Å². The van der Waals surface area contributed by atoms with Gasteiger partial charge in [-0.1, -0.05) is 6.92 Å². The Kier molecular flexibility index (Phi) is 5.46. The summed E-state index contributed by atoms with van der Waals surface area (Å²) in [6, 6.07) is 4.65. The summed E-state index contributed by atoms with van der Waals surface area (Å²) in [7, 11) is 0. The van der Waals surface area contributed by atoms with Crippen molar-refractivity contribution in [1.82, 2.24) is 5.32 Å². The molecule has 0 radical (unpaired) electrons. The number of furan rings is 1. The van der Waals surface area contributed by atoms with Gasteiger partial charge in [0.15, 0.2) is 0 Å². The smallest absolute Gasteiger partial charge is 0.105 e. The van der Waals surface area contributed by atoms with Crippen LogP contribution in [0.25, 0.3) is 0 Å². The van der Waals surface area contributed by atoms with E-state index in [2.05, 4.69) is 30.1 Å². The molecule has 2 rings (SSSR count). The summed E-state index contributed by atoms with van der Waals surface area (Å²) in [5.41, 5.74) is 0. The van der Waals surface area contributed by atoms with Crippen LogP contribution in [-0.2, 0) is 6.42 Å². The summed E-state index contributed by atoms with van der Waals surface area (Å²) in [6.45, 7) is 3.23. The Morgan fingerprint density at radius 1 is 1.47 bits per heavy atom. The number of hydrogen-bond acceptors (Lipinski definition) is 3. The van der Waals surface area contributed by atoms with Crippen molar-refractivity contribution in [3.63, 3.8) is 0 Å². The van der Waals surface area contributed by atoms with E-state index < -0.39 is 0 Å². The molecule has 1 aromatic heterocycles. The van der Waals surface area contributed by atoms with Crippen LogP contribution in [0.15, 0.2) is 22.8 Å². The Hall–Kier alpha value is -0.410. The second-order valence-electron chi connectivity index (χ2n) is 4.83. The highest BCUT2D eigenvalue weighted by Gasteiger charge is 2.19. The standard InChI is InChI=1S/C14H23NOS/c1-2-15-13(11-14-4-3-7-16-14)10-12-5-8-17-9-6-12/h3-4,7,12-13,15H,2,5-6,8-11H2,1H3. The molecule has 3 heteroatoms. The fourth-order valence-electron chi connectivity index (χ4n) is 2.58. The van der Waals surface area contributed by atoms with Crippen molar-refractivity contribution >= 4 is 11.8 Å². The van der Waals surface area contributed by atoms with Crippen molar-refractivity contribution in [3.05, 3.63) is 24.2 Å². The van der Waals surface area contributed by atoms with Crippen LogP contribution in [0, 0.1) is 5.92 Å². The van der Waals surface area contributed by atoms with E-state index in [1.165, 1.54) is 30.8 Å². The zero-order valence-corrected chi connectivity index (χ0v) is 11.5. The molecule has 1 aliphatic rings. The number of hydrogen-bond donors (Lipinski definition) is 1. The molecular weight excluding hydrogens is 230 g/mol. The monoisotopic (exact) mass is 253 g/mol. The molecule has 0 aliphatic carbocycles. The average Bonchev–Trinajstić information content (AvgIpc) is 2.83. The largest absolute Gasteiger partial charge is 0.469 e. The molecule has 0 bridgehead atoms. The Morgan fingerprint density at radius 3 is 2.94 bits per heavy atom. The summed E-state index contributed by atoms with van der Waals surface area (Å²) in [5.74, 6) is 4.73. The number of likely N-dealkylation sites (N-methyl/N-ethyl adjacent to an activating group) is 1. The minimum absolute atomic E-state index is 0.583. The van der Waals surface area contributed by atoms with E-state index in [0.29, 0.717) is 6.04 Å². The van der Waals surface area contributed by atoms with Crippen LogP contribution in [0.2, 0.25) is 0 Å². The molecule has 0 aromatic carbocycles. The molecule has 1 fully saturated rings. The first-order chi connectivity index (χ1) is 8.38. The zero-order valence-electron chi connectivity index (χ0n) is 10.7. The lowest BCUT2D eigenvalue weighted by Gasteiger charge is -2.26. The van der Waals surface area contributed by atoms with Crippen LogP contribution in [0.4, 0.5) is 0 Å². The van der Waals surface area contributed by atoms with E-state index in [-0.39, 0.29) is 0 Å². The summed E-state index contributed by atoms with van der Waals surface area (Å²) in [5, 5.41) is 3.60. The third kappa shape index (κ3) is 4.40. The van der Waals surface area contributed by atoms with Gasteiger partial charge in [0, 0.05) is 12.5 Å². The van der Waals surface area contributed by atoms with Crippen LogP contribution >= 0.6 is 11.8 Å². The first-order valence-electron chi connectivity index (χ1n) is 6.72. The molecule has 96 valence electrons. The maximum Gasteiger partial charge on any atom is 0.105 e. The summed E-state index contributed by atoms with van der Waals surface area (Å²) >= 11 is 2.11. The predicted molar refractivity (Wildman–Crippen MR) is 74.5 cm³/mol. The van der Waals surface area contributed by atoms with E-state index in [4.69, 9.17) is 4.42 Å². The highest BCUT2D eigenvalue weighted by molar-refractivity contribution is 7.99. The fourth-order valence-corrected chi connectivity index (χ4v) is 3.79. The maximum absolute atomic E-state index is 5.46. The quantitative estimate of drug-likeness (QED) is 0.842. The van der Waals surface area contributed by atoms with Gasteiger partial charge in [0.1, 0.15) is 5.76 Å². The molecule has 1 unspecified atom stereocenters. The molecule has 1 N–H and O–H groups in total. The molecule has 2 nitrogen and oxygen atoms in total. The molecular formula is C14H23NOS. The van der Waals surface area contributed by atoms with Gasteiger partial charge in [-0.2, -0.15) is 11.8 Å². The molecule has 17 heavy (non-hydrogen) atoms. The SMILES string of the molecule is CCNC(Cc1ccco1)CC1CCSCC1. The highest BCUT2D eigenvalue weighted by atomic mass is 32.2. The maximum atomic E-state index is 5.46. The summed E-state index contributed by atoms with van der Waals surface area (Å²) < 4.78 is 5.46. The van der Waals surface area contributed by atoms with E-state index in [1.54, 1.807) is 6.26 Å². The van der Waals surface area contributed by atoms with Crippen LogP contribution in [-0.4, -0.2) is 24.1 Å². The second-order valence-corrected chi connectivity index (χ2v) is 6.05. The lowest BCUT2D eigenvalue weighted by Crippen LogP contribution is -2.33. The molecule has 0 amide bonds. The highest BCUT2D eigenvalue weighted by Crippen LogP contribution is 2.27. The Morgan fingerprint density at radius 2 is 2.29 bits per heavy atom. The normalized spacial score (nSPS) is 19.4. The van der Waals surface area contributed by atoms with Crippen molar-refractivity contribution in [2.75, 3.05) is 18.1 Å². The van der Waals surface area contributed by atoms with Gasteiger partial charge in [-0.25, -0.2) is 0 Å². The summed E-state index contributed by atoms with van der Waals surface area (Å²) in [4.78, 5) is 0. The van der Waals surface area contributed by atoms with Gasteiger partial charge in [-0.15, -0.1) is 0 Å². The Labute approximate surface area is 109 Å². The Balaban J connectivity index is 1.83. The summed E-state index contributed by atoms with van der Waals surface area (Å²) in [6.07, 6.45) is 6.89. The molecule has 0 saturated carbocycles. The van der Waals surface area contributed by atoms with Gasteiger partial charge in [0.25, 0.3) is 0 Å². The van der Waals surface area contributed by atoms with Crippen molar-refractivity contribution in [2.45, 2.75) is 38.6 Å². The van der Waals surface area contributed by atoms with E-state index >= 15 is 0 Å². The minimum atomic E-state index is 0.583. The molecule has 2 heterocycles. The number of rotatable bonds is 6. The van der Waals surface area contributed by atoms with Crippen LogP contribution < -0.4 is 5.32 Å². The van der Waals surface area contributed by atoms with Gasteiger partial charge in [0.05, 0.1) is 6.26 Å². The molecule has 0 spiro atoms. The van der Waals surface area contributed by atoms with Crippen molar-refractivity contribution in [2.24, 2.45) is 5.92 Å². The lowest BCUT2D eigenvalue weighted by molar-refractivity contribution is 0.350. The van der Waals surface area contributed by atoms with Crippen LogP contribution in [0.3, 0.4) is 0 Å². The lowest BCUT2D eigenvalue weighted by atomic mass is 9.92. The van der Waals surface area contributed by atoms with Crippen molar-refractivity contribution < 1.29 is 4.42 Å². The van der Waals surface area contributed by atoms with Gasteiger partial charge < -0.3 is 9.73 Å². The molecule has 1 aliphatic heterocycles. The third-order valence-electron chi connectivity index (χ3n) is 3.48. The Bertz CT molecular complexity index is 293. The second kappa shape index (κ2) is 7.12. The van der Waals surface area contributed by atoms with E-state index in [1.807, 2.05) is 6.07 Å². The van der Waals surface area contributed by atoms with Crippen molar-refractivity contribution in [1.29, 1.82) is 0 Å². The van der Waals surface area contributed by atoms with Crippen molar-refractivity contribution in [3.8, 4) is 0 Å². The first kappa shape index (κ1) is 13.0. The average molecular weight is 253 g/mol. The topological polar surface area (TPSA) is 25.2 Å². The van der Waals surface area contributed by atoms with Gasteiger partial charge in [-0.05, 0) is 55.4 Å². The molecule has 1 saturated heterocycles. The third-order valence-corrected chi connectivity index (χ3v) is 4.53. The predicted octanol–water partition coefficient (Wildman–Crippen LogP) is 3.33. The fraction of sp³-hybridized carbons (Fsp3) is 0.714.